The molecule has 3 N–H and O–H groups in total. The maximum atomic E-state index is 12.0. The van der Waals surface area contributed by atoms with Gasteiger partial charge in [-0.15, -0.1) is 0 Å². The van der Waals surface area contributed by atoms with Crippen molar-refractivity contribution in [2.75, 3.05) is 0 Å². The van der Waals surface area contributed by atoms with Crippen LogP contribution >= 0.6 is 0 Å². The summed E-state index contributed by atoms with van der Waals surface area (Å²) in [4.78, 5) is 0. The fourth-order valence-electron chi connectivity index (χ4n) is 2.05. The molecule has 1 saturated carbocycles. The van der Waals surface area contributed by atoms with Gasteiger partial charge in [-0.05, 0) is 38.0 Å². The lowest BCUT2D eigenvalue weighted by Crippen LogP contribution is -2.28. The molecule has 0 aromatic carbocycles. The van der Waals surface area contributed by atoms with E-state index in [0.717, 1.165) is 25.7 Å². The predicted molar refractivity (Wildman–Crippen MR) is 52.9 cm³/mol. The van der Waals surface area contributed by atoms with Gasteiger partial charge >= 0.3 is 6.18 Å². The van der Waals surface area contributed by atoms with Crippen LogP contribution in [0.5, 0.6) is 0 Å². The summed E-state index contributed by atoms with van der Waals surface area (Å²) in [5, 5.41) is 7.28. The van der Waals surface area contributed by atoms with Crippen molar-refractivity contribution in [2.45, 2.75) is 50.7 Å². The van der Waals surface area contributed by atoms with E-state index in [0.29, 0.717) is 0 Å². The zero-order valence-electron chi connectivity index (χ0n) is 8.61. The maximum absolute atomic E-state index is 12.0. The number of nitrogens with two attached hydrogens (primary N) is 1. The Balaban J connectivity index is 2.27. The Labute approximate surface area is 87.5 Å². The van der Waals surface area contributed by atoms with Crippen LogP contribution in [0.15, 0.2) is 0 Å². The van der Waals surface area contributed by atoms with E-state index < -0.39 is 12.6 Å². The van der Waals surface area contributed by atoms with Crippen molar-refractivity contribution >= 4 is 5.71 Å². The van der Waals surface area contributed by atoms with Crippen molar-refractivity contribution in [3.05, 3.63) is 0 Å². The van der Waals surface area contributed by atoms with Crippen LogP contribution in [0.2, 0.25) is 0 Å². The number of hydrogen-bond donors (Lipinski definition) is 2. The largest absolute Gasteiger partial charge is 0.394 e. The minimum absolute atomic E-state index is 0.192. The predicted octanol–water partition coefficient (Wildman–Crippen LogP) is 2.87. The quantitative estimate of drug-likeness (QED) is 0.709. The van der Waals surface area contributed by atoms with E-state index in [2.05, 4.69) is 0 Å². The Bertz CT molecular complexity index is 217. The van der Waals surface area contributed by atoms with Gasteiger partial charge in [-0.3, -0.25) is 0 Å². The second-order valence-electron chi connectivity index (χ2n) is 4.38. The third-order valence-corrected chi connectivity index (χ3v) is 2.84. The first kappa shape index (κ1) is 12.5. The van der Waals surface area contributed by atoms with Gasteiger partial charge in [-0.2, -0.15) is 13.2 Å². The summed E-state index contributed by atoms with van der Waals surface area (Å²) in [5.74, 6) is 0.236. The molecule has 5 heteroatoms. The molecule has 1 aliphatic carbocycles. The Morgan fingerprint density at radius 2 is 1.73 bits per heavy atom. The van der Waals surface area contributed by atoms with Crippen LogP contribution in [0.1, 0.15) is 38.5 Å². The Hall–Kier alpha value is -0.580. The number of halogens is 3. The summed E-state index contributed by atoms with van der Waals surface area (Å²) in [6.45, 7) is 0. The van der Waals surface area contributed by atoms with Gasteiger partial charge in [0.2, 0.25) is 0 Å². The number of alkyl halides is 3. The molecule has 0 spiro atoms. The van der Waals surface area contributed by atoms with E-state index >= 15 is 0 Å². The molecule has 15 heavy (non-hydrogen) atoms. The van der Waals surface area contributed by atoms with E-state index in [9.17, 15) is 13.2 Å². The SMILES string of the molecule is N=C(CC1CCC(N)CC1)CC(F)(F)F. The van der Waals surface area contributed by atoms with Gasteiger partial charge in [-0.25, -0.2) is 0 Å². The normalized spacial score (nSPS) is 27.7. The molecule has 0 bridgehead atoms. The highest BCUT2D eigenvalue weighted by molar-refractivity contribution is 5.82. The highest BCUT2D eigenvalue weighted by atomic mass is 19.4. The van der Waals surface area contributed by atoms with Crippen molar-refractivity contribution in [1.29, 1.82) is 5.41 Å². The Morgan fingerprint density at radius 1 is 1.20 bits per heavy atom. The molecule has 0 unspecified atom stereocenters. The summed E-state index contributed by atoms with van der Waals surface area (Å²) in [6.07, 6.45) is -1.53. The van der Waals surface area contributed by atoms with Crippen LogP contribution < -0.4 is 5.73 Å². The summed E-state index contributed by atoms with van der Waals surface area (Å²) in [7, 11) is 0. The Morgan fingerprint density at radius 3 is 2.20 bits per heavy atom. The fraction of sp³-hybridized carbons (Fsp3) is 0.900. The lowest BCUT2D eigenvalue weighted by Gasteiger charge is -2.26. The molecule has 1 rings (SSSR count). The van der Waals surface area contributed by atoms with Gasteiger partial charge < -0.3 is 11.1 Å². The molecular weight excluding hydrogens is 205 g/mol. The molecule has 0 radical (unpaired) electrons. The smallest absolute Gasteiger partial charge is 0.328 e. The lowest BCUT2D eigenvalue weighted by atomic mass is 9.83. The molecule has 0 aromatic rings. The standard InChI is InChI=1S/C10H17F3N2/c11-10(12,13)6-9(15)5-7-1-3-8(14)4-2-7/h7-8,15H,1-6,14H2. The number of rotatable bonds is 3. The van der Waals surface area contributed by atoms with Crippen LogP contribution in [0, 0.1) is 11.3 Å². The third-order valence-electron chi connectivity index (χ3n) is 2.84. The first-order valence-electron chi connectivity index (χ1n) is 5.25. The molecule has 0 atom stereocenters. The van der Waals surface area contributed by atoms with E-state index in [1.807, 2.05) is 0 Å². The van der Waals surface area contributed by atoms with Crippen LogP contribution in [0.4, 0.5) is 13.2 Å². The second-order valence-corrected chi connectivity index (χ2v) is 4.38. The molecule has 0 aliphatic heterocycles. The topological polar surface area (TPSA) is 49.9 Å². The first-order chi connectivity index (χ1) is 6.87. The average molecular weight is 222 g/mol. The number of hydrogen-bond acceptors (Lipinski definition) is 2. The van der Waals surface area contributed by atoms with Crippen molar-refractivity contribution in [1.82, 2.24) is 0 Å². The first-order valence-corrected chi connectivity index (χ1v) is 5.25. The summed E-state index contributed by atoms with van der Waals surface area (Å²) in [6, 6.07) is 0.207. The Kier molecular flexibility index (Phi) is 4.13. The highest BCUT2D eigenvalue weighted by Gasteiger charge is 2.30. The van der Waals surface area contributed by atoms with E-state index in [1.54, 1.807) is 0 Å². The highest BCUT2D eigenvalue weighted by Crippen LogP contribution is 2.28. The summed E-state index contributed by atoms with van der Waals surface area (Å²) >= 11 is 0. The molecule has 0 aromatic heterocycles. The van der Waals surface area contributed by atoms with Crippen LogP contribution in [0.3, 0.4) is 0 Å². The van der Waals surface area contributed by atoms with Gasteiger partial charge in [0.15, 0.2) is 0 Å². The van der Waals surface area contributed by atoms with Gasteiger partial charge in [0.25, 0.3) is 0 Å². The van der Waals surface area contributed by atoms with Crippen LogP contribution in [0.25, 0.3) is 0 Å². The monoisotopic (exact) mass is 222 g/mol. The second kappa shape index (κ2) is 4.96. The summed E-state index contributed by atoms with van der Waals surface area (Å²) < 4.78 is 35.9. The molecule has 88 valence electrons. The van der Waals surface area contributed by atoms with Crippen molar-refractivity contribution < 1.29 is 13.2 Å². The van der Waals surface area contributed by atoms with Gasteiger partial charge in [0.1, 0.15) is 0 Å². The molecule has 1 fully saturated rings. The van der Waals surface area contributed by atoms with E-state index in [4.69, 9.17) is 11.1 Å². The van der Waals surface area contributed by atoms with Gasteiger partial charge in [0, 0.05) is 11.8 Å². The minimum atomic E-state index is -4.23. The molecule has 0 heterocycles. The van der Waals surface area contributed by atoms with E-state index in [1.165, 1.54) is 0 Å². The minimum Gasteiger partial charge on any atom is -0.328 e. The molecule has 0 saturated heterocycles. The molecule has 1 aliphatic rings. The average Bonchev–Trinajstić information content (AvgIpc) is 2.05. The maximum Gasteiger partial charge on any atom is 0.394 e. The molecular formula is C10H17F3N2. The van der Waals surface area contributed by atoms with Crippen molar-refractivity contribution in [3.63, 3.8) is 0 Å². The summed E-state index contributed by atoms with van der Waals surface area (Å²) in [5.41, 5.74) is 5.50. The van der Waals surface area contributed by atoms with Gasteiger partial charge in [-0.1, -0.05) is 0 Å². The van der Waals surface area contributed by atoms with Gasteiger partial charge in [0.05, 0.1) is 6.42 Å². The van der Waals surface area contributed by atoms with Crippen molar-refractivity contribution in [3.8, 4) is 0 Å². The number of nitrogens with one attached hydrogen (secondary N) is 1. The van der Waals surface area contributed by atoms with Crippen molar-refractivity contribution in [2.24, 2.45) is 11.7 Å². The van der Waals surface area contributed by atoms with Crippen LogP contribution in [-0.4, -0.2) is 17.9 Å². The zero-order valence-corrected chi connectivity index (χ0v) is 8.61. The van der Waals surface area contributed by atoms with Crippen LogP contribution in [-0.2, 0) is 0 Å². The molecule has 2 nitrogen and oxygen atoms in total. The zero-order chi connectivity index (χ0) is 11.5. The lowest BCUT2D eigenvalue weighted by molar-refractivity contribution is -0.121. The molecule has 0 amide bonds. The third kappa shape index (κ3) is 5.16. The van der Waals surface area contributed by atoms with E-state index in [-0.39, 0.29) is 24.1 Å². The fourth-order valence-corrected chi connectivity index (χ4v) is 2.05.